The number of hydrogen-bond acceptors (Lipinski definition) is 4. The minimum atomic E-state index is 0.552. The van der Waals surface area contributed by atoms with Gasteiger partial charge >= 0.3 is 0 Å². The topological polar surface area (TPSA) is 64.1 Å². The van der Waals surface area contributed by atoms with Crippen LogP contribution in [-0.4, -0.2) is 46.9 Å². The van der Waals surface area contributed by atoms with Crippen molar-refractivity contribution in [1.29, 1.82) is 0 Å². The Labute approximate surface area is 161 Å². The largest absolute Gasteiger partial charge is 0.497 e. The standard InChI is InChI=1S/C21H29N3O3/c1-22-21(23-13-5-7-17-6-4-8-20(16-17)26-3)24-14-15-27-19-11-9-18(25-2)10-12-19/h4,6,8-12,16H,5,7,13-15H2,1-3H3,(H2,22,23,24). The van der Waals surface area contributed by atoms with Crippen molar-refractivity contribution in [2.45, 2.75) is 12.8 Å². The van der Waals surface area contributed by atoms with E-state index >= 15 is 0 Å². The lowest BCUT2D eigenvalue weighted by atomic mass is 10.1. The molecule has 2 rings (SSSR count). The van der Waals surface area contributed by atoms with E-state index < -0.39 is 0 Å². The van der Waals surface area contributed by atoms with Gasteiger partial charge in [0.1, 0.15) is 23.9 Å². The first-order chi connectivity index (χ1) is 13.2. The van der Waals surface area contributed by atoms with Crippen molar-refractivity contribution in [3.8, 4) is 17.2 Å². The molecule has 0 heterocycles. The fourth-order valence-electron chi connectivity index (χ4n) is 2.56. The molecule has 27 heavy (non-hydrogen) atoms. The molecule has 0 fully saturated rings. The second-order valence-electron chi connectivity index (χ2n) is 5.90. The quantitative estimate of drug-likeness (QED) is 0.382. The summed E-state index contributed by atoms with van der Waals surface area (Å²) >= 11 is 0. The van der Waals surface area contributed by atoms with Gasteiger partial charge in [-0.15, -0.1) is 0 Å². The molecular formula is C21H29N3O3. The number of hydrogen-bond donors (Lipinski definition) is 2. The second-order valence-corrected chi connectivity index (χ2v) is 5.90. The van der Waals surface area contributed by atoms with Crippen molar-refractivity contribution in [3.63, 3.8) is 0 Å². The monoisotopic (exact) mass is 371 g/mol. The summed E-state index contributed by atoms with van der Waals surface area (Å²) in [6, 6.07) is 15.7. The molecule has 0 radical (unpaired) electrons. The molecule has 0 saturated carbocycles. The van der Waals surface area contributed by atoms with Crippen LogP contribution in [0.2, 0.25) is 0 Å². The summed E-state index contributed by atoms with van der Waals surface area (Å²) in [4.78, 5) is 4.23. The van der Waals surface area contributed by atoms with Crippen molar-refractivity contribution in [3.05, 3.63) is 54.1 Å². The van der Waals surface area contributed by atoms with Gasteiger partial charge in [-0.3, -0.25) is 4.99 Å². The minimum absolute atomic E-state index is 0.552. The van der Waals surface area contributed by atoms with Gasteiger partial charge < -0.3 is 24.8 Å². The molecule has 2 aromatic rings. The predicted molar refractivity (Wildman–Crippen MR) is 109 cm³/mol. The van der Waals surface area contributed by atoms with Crippen molar-refractivity contribution in [2.24, 2.45) is 4.99 Å². The number of rotatable bonds is 10. The Bertz CT molecular complexity index is 702. The molecule has 6 nitrogen and oxygen atoms in total. The van der Waals surface area contributed by atoms with Crippen LogP contribution in [0.5, 0.6) is 17.2 Å². The maximum atomic E-state index is 5.69. The maximum Gasteiger partial charge on any atom is 0.191 e. The van der Waals surface area contributed by atoms with E-state index in [2.05, 4.69) is 27.8 Å². The number of benzene rings is 2. The first kappa shape index (κ1) is 20.4. The van der Waals surface area contributed by atoms with Crippen LogP contribution >= 0.6 is 0 Å². The molecule has 146 valence electrons. The smallest absolute Gasteiger partial charge is 0.191 e. The Morgan fingerprint density at radius 2 is 1.59 bits per heavy atom. The van der Waals surface area contributed by atoms with Crippen LogP contribution in [0, 0.1) is 0 Å². The Hall–Kier alpha value is -2.89. The molecule has 0 aromatic heterocycles. The summed E-state index contributed by atoms with van der Waals surface area (Å²) in [5, 5.41) is 6.57. The van der Waals surface area contributed by atoms with Gasteiger partial charge in [-0.05, 0) is 54.8 Å². The normalized spacial score (nSPS) is 11.0. The molecule has 0 amide bonds. The van der Waals surface area contributed by atoms with E-state index in [-0.39, 0.29) is 0 Å². The molecule has 2 aromatic carbocycles. The zero-order valence-corrected chi connectivity index (χ0v) is 16.3. The number of aryl methyl sites for hydroxylation is 1. The average Bonchev–Trinajstić information content (AvgIpc) is 2.73. The van der Waals surface area contributed by atoms with Gasteiger partial charge in [0.2, 0.25) is 0 Å². The third-order valence-electron chi connectivity index (χ3n) is 4.02. The number of nitrogens with one attached hydrogen (secondary N) is 2. The van der Waals surface area contributed by atoms with Crippen molar-refractivity contribution in [1.82, 2.24) is 10.6 Å². The molecule has 0 aliphatic heterocycles. The average molecular weight is 371 g/mol. The molecule has 0 spiro atoms. The molecule has 0 aliphatic rings. The van der Waals surface area contributed by atoms with E-state index in [1.165, 1.54) is 5.56 Å². The van der Waals surface area contributed by atoms with Gasteiger partial charge in [0, 0.05) is 13.6 Å². The Balaban J connectivity index is 1.60. The van der Waals surface area contributed by atoms with Crippen molar-refractivity contribution in [2.75, 3.05) is 41.0 Å². The van der Waals surface area contributed by atoms with E-state index in [1.54, 1.807) is 21.3 Å². The van der Waals surface area contributed by atoms with Gasteiger partial charge in [0.05, 0.1) is 20.8 Å². The fourth-order valence-corrected chi connectivity index (χ4v) is 2.56. The van der Waals surface area contributed by atoms with Gasteiger partial charge in [-0.2, -0.15) is 0 Å². The summed E-state index contributed by atoms with van der Waals surface area (Å²) < 4.78 is 16.1. The van der Waals surface area contributed by atoms with Crippen LogP contribution in [0.15, 0.2) is 53.5 Å². The first-order valence-corrected chi connectivity index (χ1v) is 9.09. The summed E-state index contributed by atoms with van der Waals surface area (Å²) in [6.07, 6.45) is 2.00. The molecule has 2 N–H and O–H groups in total. The van der Waals surface area contributed by atoms with E-state index in [4.69, 9.17) is 14.2 Å². The third-order valence-corrected chi connectivity index (χ3v) is 4.02. The summed E-state index contributed by atoms with van der Waals surface area (Å²) in [6.45, 7) is 2.06. The van der Waals surface area contributed by atoms with Crippen LogP contribution in [0.25, 0.3) is 0 Å². The van der Waals surface area contributed by atoms with Crippen molar-refractivity contribution < 1.29 is 14.2 Å². The number of nitrogens with zero attached hydrogens (tertiary/aromatic N) is 1. The Morgan fingerprint density at radius 3 is 2.30 bits per heavy atom. The zero-order valence-electron chi connectivity index (χ0n) is 16.3. The molecule has 6 heteroatoms. The van der Waals surface area contributed by atoms with Crippen LogP contribution in [0.1, 0.15) is 12.0 Å². The van der Waals surface area contributed by atoms with Crippen LogP contribution in [-0.2, 0) is 6.42 Å². The lowest BCUT2D eigenvalue weighted by Crippen LogP contribution is -2.39. The van der Waals surface area contributed by atoms with Crippen LogP contribution < -0.4 is 24.8 Å². The Kier molecular flexibility index (Phi) is 8.83. The molecular weight excluding hydrogens is 342 g/mol. The number of aliphatic imine (C=N–C) groups is 1. The highest BCUT2D eigenvalue weighted by Gasteiger charge is 2.00. The molecule has 0 atom stereocenters. The highest BCUT2D eigenvalue weighted by Crippen LogP contribution is 2.16. The number of methoxy groups -OCH3 is 2. The molecule has 0 unspecified atom stereocenters. The van der Waals surface area contributed by atoms with E-state index in [0.29, 0.717) is 13.2 Å². The molecule has 0 saturated heterocycles. The number of ether oxygens (including phenoxy) is 3. The lowest BCUT2D eigenvalue weighted by Gasteiger charge is -2.13. The first-order valence-electron chi connectivity index (χ1n) is 9.09. The summed E-state index contributed by atoms with van der Waals surface area (Å²) in [5.74, 6) is 3.31. The minimum Gasteiger partial charge on any atom is -0.497 e. The predicted octanol–water partition coefficient (Wildman–Crippen LogP) is 2.88. The summed E-state index contributed by atoms with van der Waals surface area (Å²) in [7, 11) is 5.10. The van der Waals surface area contributed by atoms with E-state index in [0.717, 1.165) is 42.6 Å². The SMILES string of the molecule is CN=C(NCCCc1cccc(OC)c1)NCCOc1ccc(OC)cc1. The van der Waals surface area contributed by atoms with Gasteiger partial charge in [-0.1, -0.05) is 12.1 Å². The van der Waals surface area contributed by atoms with Crippen molar-refractivity contribution >= 4 is 5.96 Å². The Morgan fingerprint density at radius 1 is 0.889 bits per heavy atom. The zero-order chi connectivity index (χ0) is 19.3. The van der Waals surface area contributed by atoms with E-state index in [9.17, 15) is 0 Å². The molecule has 0 aliphatic carbocycles. The highest BCUT2D eigenvalue weighted by atomic mass is 16.5. The van der Waals surface area contributed by atoms with Crippen LogP contribution in [0.3, 0.4) is 0 Å². The van der Waals surface area contributed by atoms with Gasteiger partial charge in [0.25, 0.3) is 0 Å². The lowest BCUT2D eigenvalue weighted by molar-refractivity contribution is 0.321. The summed E-state index contributed by atoms with van der Waals surface area (Å²) in [5.41, 5.74) is 1.27. The van der Waals surface area contributed by atoms with Crippen LogP contribution in [0.4, 0.5) is 0 Å². The maximum absolute atomic E-state index is 5.69. The van der Waals surface area contributed by atoms with Gasteiger partial charge in [0.15, 0.2) is 5.96 Å². The second kappa shape index (κ2) is 11.7. The fraction of sp³-hybridized carbons (Fsp3) is 0.381. The third kappa shape index (κ3) is 7.48. The van der Waals surface area contributed by atoms with E-state index in [1.807, 2.05) is 36.4 Å². The van der Waals surface area contributed by atoms with Gasteiger partial charge in [-0.25, -0.2) is 0 Å². The number of guanidine groups is 1. The highest BCUT2D eigenvalue weighted by molar-refractivity contribution is 5.79. The molecule has 0 bridgehead atoms.